The summed E-state index contributed by atoms with van der Waals surface area (Å²) in [5.41, 5.74) is 1.21. The molecule has 1 aromatic rings. The zero-order valence-electron chi connectivity index (χ0n) is 12.3. The summed E-state index contributed by atoms with van der Waals surface area (Å²) in [5.74, 6) is 0.888. The highest BCUT2D eigenvalue weighted by molar-refractivity contribution is 9.11. The monoisotopic (exact) mass is 407 g/mol. The predicted octanol–water partition coefficient (Wildman–Crippen LogP) is 4.52. The topological polar surface area (TPSA) is 30.5 Å². The molecule has 0 bridgehead atoms. The van der Waals surface area contributed by atoms with Crippen molar-refractivity contribution < 1.29 is 9.47 Å². The first kappa shape index (κ1) is 18.0. The van der Waals surface area contributed by atoms with Crippen LogP contribution in [0.1, 0.15) is 32.3 Å². The van der Waals surface area contributed by atoms with Gasteiger partial charge in [0.25, 0.3) is 0 Å². The van der Waals surface area contributed by atoms with Crippen molar-refractivity contribution in [2.45, 2.75) is 39.3 Å². The van der Waals surface area contributed by atoms with Gasteiger partial charge in [-0.15, -0.1) is 0 Å². The maximum absolute atomic E-state index is 6.04. The molecule has 0 fully saturated rings. The van der Waals surface area contributed by atoms with Crippen molar-refractivity contribution in [1.82, 2.24) is 5.32 Å². The van der Waals surface area contributed by atoms with Gasteiger partial charge in [0, 0.05) is 20.2 Å². The second-order valence-electron chi connectivity index (χ2n) is 4.61. The molecule has 20 heavy (non-hydrogen) atoms. The standard InChI is InChI=1S/C15H23Br2NO2/c1-4-12(5-2)20-15-13(16)8-11(9-14(15)17)10-18-6-7-19-3/h8-9,12,18H,4-7,10H2,1-3H3. The van der Waals surface area contributed by atoms with Gasteiger partial charge in [-0.25, -0.2) is 0 Å². The summed E-state index contributed by atoms with van der Waals surface area (Å²) in [4.78, 5) is 0. The first-order valence-corrected chi connectivity index (χ1v) is 8.55. The van der Waals surface area contributed by atoms with Crippen LogP contribution in [0.25, 0.3) is 0 Å². The minimum atomic E-state index is 0.258. The zero-order valence-corrected chi connectivity index (χ0v) is 15.5. The molecule has 0 spiro atoms. The first-order valence-electron chi connectivity index (χ1n) is 6.96. The quantitative estimate of drug-likeness (QED) is 0.609. The summed E-state index contributed by atoms with van der Waals surface area (Å²) in [6.45, 7) is 6.66. The Morgan fingerprint density at radius 3 is 2.25 bits per heavy atom. The van der Waals surface area contributed by atoms with Crippen LogP contribution < -0.4 is 10.1 Å². The maximum atomic E-state index is 6.04. The summed E-state index contributed by atoms with van der Waals surface area (Å²) in [6.07, 6.45) is 2.28. The Bertz CT molecular complexity index is 386. The van der Waals surface area contributed by atoms with Gasteiger partial charge >= 0.3 is 0 Å². The fourth-order valence-electron chi connectivity index (χ4n) is 1.86. The molecule has 3 nitrogen and oxygen atoms in total. The average molecular weight is 409 g/mol. The second-order valence-corrected chi connectivity index (χ2v) is 6.32. The van der Waals surface area contributed by atoms with E-state index in [0.717, 1.165) is 47.2 Å². The van der Waals surface area contributed by atoms with Crippen molar-refractivity contribution in [1.29, 1.82) is 0 Å². The molecule has 0 unspecified atom stereocenters. The van der Waals surface area contributed by atoms with Gasteiger partial charge in [-0.2, -0.15) is 0 Å². The van der Waals surface area contributed by atoms with Crippen LogP contribution in [0.3, 0.4) is 0 Å². The van der Waals surface area contributed by atoms with Crippen LogP contribution in [0.15, 0.2) is 21.1 Å². The number of halogens is 2. The molecule has 5 heteroatoms. The smallest absolute Gasteiger partial charge is 0.148 e. The van der Waals surface area contributed by atoms with Crippen molar-refractivity contribution >= 4 is 31.9 Å². The molecule has 0 atom stereocenters. The van der Waals surface area contributed by atoms with Crippen LogP contribution >= 0.6 is 31.9 Å². The molecular weight excluding hydrogens is 386 g/mol. The van der Waals surface area contributed by atoms with Gasteiger partial charge in [0.15, 0.2) is 0 Å². The van der Waals surface area contributed by atoms with E-state index in [9.17, 15) is 0 Å². The molecule has 0 saturated carbocycles. The van der Waals surface area contributed by atoms with Gasteiger partial charge in [-0.1, -0.05) is 13.8 Å². The Hall–Kier alpha value is -0.100. The highest BCUT2D eigenvalue weighted by Crippen LogP contribution is 2.36. The SMILES string of the molecule is CCC(CC)Oc1c(Br)cc(CNCCOC)cc1Br. The number of rotatable bonds is 9. The van der Waals surface area contributed by atoms with Crippen molar-refractivity contribution in [3.05, 3.63) is 26.6 Å². The molecular formula is C15H23Br2NO2. The third kappa shape index (κ3) is 5.72. The van der Waals surface area contributed by atoms with Crippen LogP contribution in [-0.4, -0.2) is 26.4 Å². The molecule has 1 N–H and O–H groups in total. The predicted molar refractivity (Wildman–Crippen MR) is 90.4 cm³/mol. The van der Waals surface area contributed by atoms with Gasteiger partial charge in [0.05, 0.1) is 21.7 Å². The van der Waals surface area contributed by atoms with Crippen molar-refractivity contribution in [2.75, 3.05) is 20.3 Å². The van der Waals surface area contributed by atoms with Gasteiger partial charge in [-0.3, -0.25) is 0 Å². The Kier molecular flexibility index (Phi) is 8.77. The van der Waals surface area contributed by atoms with E-state index in [1.807, 2.05) is 0 Å². The Morgan fingerprint density at radius 2 is 1.75 bits per heavy atom. The Balaban J connectivity index is 2.70. The van der Waals surface area contributed by atoms with Gasteiger partial charge in [0.1, 0.15) is 5.75 Å². The van der Waals surface area contributed by atoms with E-state index in [-0.39, 0.29) is 6.10 Å². The van der Waals surface area contributed by atoms with Crippen molar-refractivity contribution in [2.24, 2.45) is 0 Å². The number of nitrogens with one attached hydrogen (secondary N) is 1. The molecule has 0 aromatic heterocycles. The van der Waals surface area contributed by atoms with Crippen molar-refractivity contribution in [3.8, 4) is 5.75 Å². The van der Waals surface area contributed by atoms with Crippen molar-refractivity contribution in [3.63, 3.8) is 0 Å². The second kappa shape index (κ2) is 9.77. The van der Waals surface area contributed by atoms with Gasteiger partial charge in [0.2, 0.25) is 0 Å². The number of ether oxygens (including phenoxy) is 2. The molecule has 0 aliphatic heterocycles. The molecule has 0 saturated heterocycles. The molecule has 1 aromatic carbocycles. The van der Waals surface area contributed by atoms with Crippen LogP contribution in [-0.2, 0) is 11.3 Å². The highest BCUT2D eigenvalue weighted by atomic mass is 79.9. The summed E-state index contributed by atoms with van der Waals surface area (Å²) in [6, 6.07) is 4.20. The number of hydrogen-bond acceptors (Lipinski definition) is 3. The lowest BCUT2D eigenvalue weighted by Crippen LogP contribution is -2.18. The molecule has 1 rings (SSSR count). The molecule has 0 aliphatic carbocycles. The summed E-state index contributed by atoms with van der Waals surface area (Å²) in [5, 5.41) is 3.33. The van der Waals surface area contributed by atoms with E-state index < -0.39 is 0 Å². The fourth-order valence-corrected chi connectivity index (χ4v) is 3.32. The number of hydrogen-bond donors (Lipinski definition) is 1. The maximum Gasteiger partial charge on any atom is 0.148 e. The van der Waals surface area contributed by atoms with Crippen LogP contribution in [0.4, 0.5) is 0 Å². The Morgan fingerprint density at radius 1 is 1.15 bits per heavy atom. The van der Waals surface area contributed by atoms with Gasteiger partial charge < -0.3 is 14.8 Å². The summed E-state index contributed by atoms with van der Waals surface area (Å²) < 4.78 is 13.0. The van der Waals surface area contributed by atoms with Crippen LogP contribution in [0.5, 0.6) is 5.75 Å². The van der Waals surface area contributed by atoms with E-state index in [2.05, 4.69) is 63.2 Å². The van der Waals surface area contributed by atoms with Gasteiger partial charge in [-0.05, 0) is 62.4 Å². The van der Waals surface area contributed by atoms with E-state index in [0.29, 0.717) is 0 Å². The van der Waals surface area contributed by atoms with Crippen LogP contribution in [0, 0.1) is 0 Å². The number of benzene rings is 1. The lowest BCUT2D eigenvalue weighted by Gasteiger charge is -2.19. The third-order valence-corrected chi connectivity index (χ3v) is 4.24. The van der Waals surface area contributed by atoms with E-state index in [1.165, 1.54) is 5.56 Å². The molecule has 0 aliphatic rings. The molecule has 0 amide bonds. The molecule has 0 radical (unpaired) electrons. The lowest BCUT2D eigenvalue weighted by molar-refractivity contribution is 0.190. The third-order valence-electron chi connectivity index (χ3n) is 3.07. The fraction of sp³-hybridized carbons (Fsp3) is 0.600. The molecule has 114 valence electrons. The largest absolute Gasteiger partial charge is 0.488 e. The lowest BCUT2D eigenvalue weighted by atomic mass is 10.2. The summed E-state index contributed by atoms with van der Waals surface area (Å²) >= 11 is 7.20. The first-order chi connectivity index (χ1) is 9.62. The number of methoxy groups -OCH3 is 1. The average Bonchev–Trinajstić information content (AvgIpc) is 2.43. The highest BCUT2D eigenvalue weighted by Gasteiger charge is 2.13. The van der Waals surface area contributed by atoms with E-state index in [4.69, 9.17) is 9.47 Å². The van der Waals surface area contributed by atoms with E-state index in [1.54, 1.807) is 7.11 Å². The van der Waals surface area contributed by atoms with E-state index >= 15 is 0 Å². The minimum absolute atomic E-state index is 0.258. The zero-order chi connectivity index (χ0) is 15.0. The minimum Gasteiger partial charge on any atom is -0.488 e. The molecule has 0 heterocycles. The Labute approximate surface area is 138 Å². The normalized spacial score (nSPS) is 11.1. The summed E-state index contributed by atoms with van der Waals surface area (Å²) in [7, 11) is 1.71. The van der Waals surface area contributed by atoms with Crippen LogP contribution in [0.2, 0.25) is 0 Å².